The minimum atomic E-state index is -0.239. The van der Waals surface area contributed by atoms with Crippen molar-refractivity contribution in [3.8, 4) is 22.4 Å². The zero-order valence-electron chi connectivity index (χ0n) is 21.5. The molecule has 1 aromatic carbocycles. The number of amides is 2. The first-order valence-electron chi connectivity index (χ1n) is 13.1. The predicted octanol–water partition coefficient (Wildman–Crippen LogP) is 5.16. The van der Waals surface area contributed by atoms with Crippen molar-refractivity contribution in [3.63, 3.8) is 0 Å². The number of hydrogen-bond donors (Lipinski definition) is 1. The van der Waals surface area contributed by atoms with Gasteiger partial charge in [0.2, 0.25) is 0 Å². The molecule has 188 valence electrons. The van der Waals surface area contributed by atoms with E-state index in [-0.39, 0.29) is 11.8 Å². The molecular formula is C29H35N5O2. The fourth-order valence-electron chi connectivity index (χ4n) is 5.39. The maximum Gasteiger partial charge on any atom is 0.269 e. The van der Waals surface area contributed by atoms with Gasteiger partial charge < -0.3 is 10.2 Å². The number of benzene rings is 1. The molecule has 36 heavy (non-hydrogen) atoms. The third-order valence-corrected chi connectivity index (χ3v) is 7.71. The van der Waals surface area contributed by atoms with Crippen LogP contribution < -0.4 is 5.32 Å². The summed E-state index contributed by atoms with van der Waals surface area (Å²) >= 11 is 0. The predicted molar refractivity (Wildman–Crippen MR) is 140 cm³/mol. The van der Waals surface area contributed by atoms with Gasteiger partial charge in [-0.05, 0) is 48.4 Å². The van der Waals surface area contributed by atoms with Crippen LogP contribution in [0, 0.1) is 11.8 Å². The van der Waals surface area contributed by atoms with Crippen LogP contribution >= 0.6 is 0 Å². The van der Waals surface area contributed by atoms with E-state index in [9.17, 15) is 9.59 Å². The van der Waals surface area contributed by atoms with Gasteiger partial charge in [-0.1, -0.05) is 45.2 Å². The van der Waals surface area contributed by atoms with Crippen LogP contribution in [0.4, 0.5) is 0 Å². The molecule has 1 fully saturated rings. The van der Waals surface area contributed by atoms with Gasteiger partial charge in [0.15, 0.2) is 0 Å². The molecule has 0 bridgehead atoms. The monoisotopic (exact) mass is 485 g/mol. The first-order chi connectivity index (χ1) is 17.5. The second-order valence-electron chi connectivity index (χ2n) is 10.3. The summed E-state index contributed by atoms with van der Waals surface area (Å²) in [4.78, 5) is 32.3. The molecule has 3 aromatic rings. The second-order valence-corrected chi connectivity index (χ2v) is 10.3. The van der Waals surface area contributed by atoms with Crippen LogP contribution in [-0.4, -0.2) is 45.1 Å². The summed E-state index contributed by atoms with van der Waals surface area (Å²) in [6.45, 7) is 6.66. The van der Waals surface area contributed by atoms with Gasteiger partial charge in [0.25, 0.3) is 11.8 Å². The molecule has 1 aliphatic heterocycles. The van der Waals surface area contributed by atoms with Crippen molar-refractivity contribution in [2.24, 2.45) is 11.8 Å². The summed E-state index contributed by atoms with van der Waals surface area (Å²) < 4.78 is 2.03. The summed E-state index contributed by atoms with van der Waals surface area (Å²) in [5.74, 6) is 0.977. The molecule has 1 atom stereocenters. The smallest absolute Gasteiger partial charge is 0.269 e. The van der Waals surface area contributed by atoms with Gasteiger partial charge in [-0.3, -0.25) is 14.3 Å². The van der Waals surface area contributed by atoms with Gasteiger partial charge in [0.05, 0.1) is 11.9 Å². The van der Waals surface area contributed by atoms with Gasteiger partial charge in [0.1, 0.15) is 5.69 Å². The lowest BCUT2D eigenvalue weighted by atomic mass is 9.98. The lowest BCUT2D eigenvalue weighted by Gasteiger charge is -2.19. The lowest BCUT2D eigenvalue weighted by Crippen LogP contribution is -2.28. The summed E-state index contributed by atoms with van der Waals surface area (Å²) in [6.07, 6.45) is 10.1. The van der Waals surface area contributed by atoms with Crippen molar-refractivity contribution >= 4 is 11.8 Å². The average Bonchev–Trinajstić information content (AvgIpc) is 3.65. The molecule has 5 rings (SSSR count). The Balaban J connectivity index is 1.50. The topological polar surface area (TPSA) is 80.1 Å². The number of aromatic nitrogens is 3. The number of nitrogens with one attached hydrogen (secondary N) is 1. The van der Waals surface area contributed by atoms with Crippen LogP contribution in [0.25, 0.3) is 22.4 Å². The number of fused-ring (bicyclic) bond motifs is 1. The molecule has 3 heterocycles. The summed E-state index contributed by atoms with van der Waals surface area (Å²) in [7, 11) is 1.60. The largest absolute Gasteiger partial charge is 0.354 e. The summed E-state index contributed by atoms with van der Waals surface area (Å²) in [5, 5.41) is 7.29. The number of hydrogen-bond acceptors (Lipinski definition) is 4. The highest BCUT2D eigenvalue weighted by Crippen LogP contribution is 2.35. The Morgan fingerprint density at radius 1 is 1.14 bits per heavy atom. The number of pyridine rings is 1. The standard InChI is InChI=1S/C29H35N5O2/c1-4-19(2)15-33-17-22-10-9-21(13-25(22)29(33)36)27-24(11-12-26(32-27)28(35)30-3)23-14-31-34(18-23)16-20-7-5-6-8-20/h9-14,18-20H,4-8,15-17H2,1-3H3,(H,30,35). The highest BCUT2D eigenvalue weighted by Gasteiger charge is 2.29. The zero-order chi connectivity index (χ0) is 25.2. The Bertz CT molecular complexity index is 1270. The van der Waals surface area contributed by atoms with E-state index in [0.29, 0.717) is 29.8 Å². The molecule has 7 nitrogen and oxygen atoms in total. The Morgan fingerprint density at radius 3 is 2.69 bits per heavy atom. The maximum atomic E-state index is 13.2. The Kier molecular flexibility index (Phi) is 6.90. The van der Waals surface area contributed by atoms with Crippen molar-refractivity contribution in [1.29, 1.82) is 0 Å². The van der Waals surface area contributed by atoms with Crippen molar-refractivity contribution in [2.45, 2.75) is 59.0 Å². The van der Waals surface area contributed by atoms with Crippen molar-refractivity contribution in [3.05, 3.63) is 59.5 Å². The van der Waals surface area contributed by atoms with E-state index in [4.69, 9.17) is 4.98 Å². The number of carbonyl (C=O) groups is 2. The maximum absolute atomic E-state index is 13.2. The molecule has 1 aliphatic carbocycles. The first-order valence-corrected chi connectivity index (χ1v) is 13.1. The van der Waals surface area contributed by atoms with E-state index in [1.165, 1.54) is 25.7 Å². The van der Waals surface area contributed by atoms with Gasteiger partial charge >= 0.3 is 0 Å². The molecule has 1 saturated carbocycles. The Morgan fingerprint density at radius 2 is 1.94 bits per heavy atom. The van der Waals surface area contributed by atoms with Gasteiger partial charge in [0, 0.05) is 55.1 Å². The number of carbonyl (C=O) groups excluding carboxylic acids is 2. The average molecular weight is 486 g/mol. The number of rotatable bonds is 8. The van der Waals surface area contributed by atoms with Gasteiger partial charge in [-0.15, -0.1) is 0 Å². The van der Waals surface area contributed by atoms with Crippen molar-refractivity contribution < 1.29 is 9.59 Å². The molecule has 1 unspecified atom stereocenters. The van der Waals surface area contributed by atoms with Crippen molar-refractivity contribution in [1.82, 2.24) is 25.0 Å². The molecule has 2 aliphatic rings. The first kappa shape index (κ1) is 24.2. The van der Waals surface area contributed by atoms with Crippen LogP contribution in [0.2, 0.25) is 0 Å². The molecule has 0 saturated heterocycles. The highest BCUT2D eigenvalue weighted by atomic mass is 16.2. The molecular weight excluding hydrogens is 450 g/mol. The molecule has 2 amide bonds. The lowest BCUT2D eigenvalue weighted by molar-refractivity contribution is 0.0754. The normalized spacial score (nSPS) is 16.4. The fraction of sp³-hybridized carbons (Fsp3) is 0.448. The summed E-state index contributed by atoms with van der Waals surface area (Å²) in [6, 6.07) is 9.67. The minimum Gasteiger partial charge on any atom is -0.354 e. The Labute approximate surface area is 212 Å². The third-order valence-electron chi connectivity index (χ3n) is 7.71. The van der Waals surface area contributed by atoms with Crippen LogP contribution in [-0.2, 0) is 13.1 Å². The van der Waals surface area contributed by atoms with E-state index in [1.807, 2.05) is 40.0 Å². The molecule has 0 radical (unpaired) electrons. The SMILES string of the molecule is CCC(C)CN1Cc2ccc(-c3nc(C(=O)NC)ccc3-c3cnn(CC4CCCC4)c3)cc2C1=O. The zero-order valence-corrected chi connectivity index (χ0v) is 21.5. The van der Waals surface area contributed by atoms with E-state index in [0.717, 1.165) is 47.3 Å². The fourth-order valence-corrected chi connectivity index (χ4v) is 5.39. The van der Waals surface area contributed by atoms with Gasteiger partial charge in [-0.25, -0.2) is 4.98 Å². The summed E-state index contributed by atoms with van der Waals surface area (Å²) in [5.41, 5.74) is 5.50. The third kappa shape index (κ3) is 4.79. The quantitative estimate of drug-likeness (QED) is 0.478. The minimum absolute atomic E-state index is 0.0699. The van der Waals surface area contributed by atoms with Crippen LogP contribution in [0.5, 0.6) is 0 Å². The Hall–Kier alpha value is -3.48. The molecule has 0 spiro atoms. The van der Waals surface area contributed by atoms with E-state index in [2.05, 4.69) is 30.5 Å². The van der Waals surface area contributed by atoms with Gasteiger partial charge in [-0.2, -0.15) is 5.10 Å². The van der Waals surface area contributed by atoms with Crippen LogP contribution in [0.15, 0.2) is 42.7 Å². The molecule has 1 N–H and O–H groups in total. The van der Waals surface area contributed by atoms with Crippen molar-refractivity contribution in [2.75, 3.05) is 13.6 Å². The highest BCUT2D eigenvalue weighted by molar-refractivity contribution is 6.00. The van der Waals surface area contributed by atoms with E-state index >= 15 is 0 Å². The van der Waals surface area contributed by atoms with Crippen LogP contribution in [0.3, 0.4) is 0 Å². The second kappa shape index (κ2) is 10.2. The number of nitrogens with zero attached hydrogens (tertiary/aromatic N) is 4. The molecule has 2 aromatic heterocycles. The van der Waals surface area contributed by atoms with E-state index in [1.54, 1.807) is 13.1 Å². The molecule has 7 heteroatoms. The van der Waals surface area contributed by atoms with Crippen LogP contribution in [0.1, 0.15) is 72.4 Å². The van der Waals surface area contributed by atoms with E-state index < -0.39 is 0 Å².